The Kier molecular flexibility index (Phi) is 4.15. The van der Waals surface area contributed by atoms with Crippen molar-refractivity contribution in [1.82, 2.24) is 10.3 Å². The zero-order valence-corrected chi connectivity index (χ0v) is 13.5. The van der Waals surface area contributed by atoms with Gasteiger partial charge in [-0.05, 0) is 37.1 Å². The Morgan fingerprint density at radius 2 is 1.91 bits per heavy atom. The van der Waals surface area contributed by atoms with Gasteiger partial charge < -0.3 is 9.73 Å². The minimum absolute atomic E-state index is 0.116. The van der Waals surface area contributed by atoms with Gasteiger partial charge in [0.1, 0.15) is 5.76 Å². The van der Waals surface area contributed by atoms with Crippen LogP contribution in [0.5, 0.6) is 0 Å². The number of amides is 1. The first-order valence-electron chi connectivity index (χ1n) is 7.80. The van der Waals surface area contributed by atoms with Crippen LogP contribution < -0.4 is 5.32 Å². The van der Waals surface area contributed by atoms with Crippen LogP contribution in [0.4, 0.5) is 0 Å². The summed E-state index contributed by atoms with van der Waals surface area (Å²) in [5, 5.41) is 3.86. The predicted molar refractivity (Wildman–Crippen MR) is 90.4 cm³/mol. The molecule has 0 aliphatic rings. The van der Waals surface area contributed by atoms with Crippen molar-refractivity contribution in [3.63, 3.8) is 0 Å². The lowest BCUT2D eigenvalue weighted by Crippen LogP contribution is -2.26. The monoisotopic (exact) mass is 308 g/mol. The number of pyridine rings is 1. The van der Waals surface area contributed by atoms with Crippen LogP contribution in [-0.4, -0.2) is 10.9 Å². The van der Waals surface area contributed by atoms with Crippen LogP contribution in [0.1, 0.15) is 54.5 Å². The summed E-state index contributed by atoms with van der Waals surface area (Å²) < 4.78 is 5.35. The average Bonchev–Trinajstić information content (AvgIpc) is 3.08. The number of carbonyl (C=O) groups is 1. The summed E-state index contributed by atoms with van der Waals surface area (Å²) in [6.07, 6.45) is 1.61. The normalized spacial score (nSPS) is 12.5. The van der Waals surface area contributed by atoms with E-state index in [1.54, 1.807) is 6.26 Å². The van der Waals surface area contributed by atoms with Crippen molar-refractivity contribution in [2.75, 3.05) is 0 Å². The van der Waals surface area contributed by atoms with Crippen LogP contribution >= 0.6 is 0 Å². The summed E-state index contributed by atoms with van der Waals surface area (Å²) in [4.78, 5) is 17.4. The third-order valence-electron chi connectivity index (χ3n) is 3.89. The molecule has 0 bridgehead atoms. The maximum Gasteiger partial charge on any atom is 0.252 e. The van der Waals surface area contributed by atoms with Gasteiger partial charge >= 0.3 is 0 Å². The molecule has 1 amide bonds. The third kappa shape index (κ3) is 3.11. The summed E-state index contributed by atoms with van der Waals surface area (Å²) in [7, 11) is 0. The zero-order valence-electron chi connectivity index (χ0n) is 13.5. The van der Waals surface area contributed by atoms with E-state index in [-0.39, 0.29) is 17.9 Å². The maximum absolute atomic E-state index is 12.8. The van der Waals surface area contributed by atoms with Crippen molar-refractivity contribution in [2.45, 2.75) is 32.7 Å². The number of hydrogen-bond donors (Lipinski definition) is 1. The van der Waals surface area contributed by atoms with E-state index >= 15 is 0 Å². The third-order valence-corrected chi connectivity index (χ3v) is 3.89. The fourth-order valence-corrected chi connectivity index (χ4v) is 2.56. The summed E-state index contributed by atoms with van der Waals surface area (Å²) >= 11 is 0. The lowest BCUT2D eigenvalue weighted by molar-refractivity contribution is 0.0937. The number of hydrogen-bond acceptors (Lipinski definition) is 3. The Balaban J connectivity index is 1.99. The SMILES string of the molecule is CC(C)c1cc(C(=O)NC(C)c2ccco2)c2ccccc2n1. The average molecular weight is 308 g/mol. The molecule has 1 N–H and O–H groups in total. The van der Waals surface area contributed by atoms with E-state index in [2.05, 4.69) is 24.1 Å². The second-order valence-electron chi connectivity index (χ2n) is 5.98. The Labute approximate surface area is 135 Å². The van der Waals surface area contributed by atoms with Gasteiger partial charge in [0, 0.05) is 11.1 Å². The van der Waals surface area contributed by atoms with Gasteiger partial charge in [0.25, 0.3) is 5.91 Å². The molecule has 0 saturated carbocycles. The van der Waals surface area contributed by atoms with Crippen molar-refractivity contribution < 1.29 is 9.21 Å². The van der Waals surface area contributed by atoms with Gasteiger partial charge in [-0.15, -0.1) is 0 Å². The van der Waals surface area contributed by atoms with Gasteiger partial charge in [-0.25, -0.2) is 0 Å². The van der Waals surface area contributed by atoms with Crippen molar-refractivity contribution in [1.29, 1.82) is 0 Å². The topological polar surface area (TPSA) is 55.1 Å². The molecular weight excluding hydrogens is 288 g/mol. The number of furan rings is 1. The molecule has 4 nitrogen and oxygen atoms in total. The molecule has 0 spiro atoms. The van der Waals surface area contributed by atoms with Crippen molar-refractivity contribution in [3.05, 3.63) is 65.7 Å². The molecule has 2 heterocycles. The quantitative estimate of drug-likeness (QED) is 0.775. The molecule has 1 unspecified atom stereocenters. The second kappa shape index (κ2) is 6.24. The molecule has 0 fully saturated rings. The second-order valence-corrected chi connectivity index (χ2v) is 5.98. The van der Waals surface area contributed by atoms with Gasteiger partial charge in [-0.2, -0.15) is 0 Å². The van der Waals surface area contributed by atoms with Crippen LogP contribution in [0.25, 0.3) is 10.9 Å². The Morgan fingerprint density at radius 3 is 2.61 bits per heavy atom. The van der Waals surface area contributed by atoms with E-state index in [0.717, 1.165) is 22.4 Å². The van der Waals surface area contributed by atoms with E-state index in [9.17, 15) is 4.79 Å². The number of rotatable bonds is 4. The highest BCUT2D eigenvalue weighted by Crippen LogP contribution is 2.23. The number of nitrogens with zero attached hydrogens (tertiary/aromatic N) is 1. The van der Waals surface area contributed by atoms with Crippen molar-refractivity contribution in [2.24, 2.45) is 0 Å². The molecule has 4 heteroatoms. The minimum Gasteiger partial charge on any atom is -0.467 e. The molecule has 1 aromatic carbocycles. The van der Waals surface area contributed by atoms with Crippen LogP contribution in [-0.2, 0) is 0 Å². The lowest BCUT2D eigenvalue weighted by Gasteiger charge is -2.15. The van der Waals surface area contributed by atoms with E-state index in [4.69, 9.17) is 4.42 Å². The van der Waals surface area contributed by atoms with Crippen LogP contribution in [0.15, 0.2) is 53.1 Å². The number of fused-ring (bicyclic) bond motifs is 1. The lowest BCUT2D eigenvalue weighted by atomic mass is 10.0. The molecule has 0 aliphatic carbocycles. The van der Waals surface area contributed by atoms with Gasteiger partial charge in [-0.1, -0.05) is 32.0 Å². The molecule has 0 aliphatic heterocycles. The molecule has 0 radical (unpaired) electrons. The molecule has 1 atom stereocenters. The Bertz CT molecular complexity index is 823. The van der Waals surface area contributed by atoms with Gasteiger partial charge in [-0.3, -0.25) is 9.78 Å². The summed E-state index contributed by atoms with van der Waals surface area (Å²) in [5.41, 5.74) is 2.41. The highest BCUT2D eigenvalue weighted by atomic mass is 16.3. The Hall–Kier alpha value is -2.62. The van der Waals surface area contributed by atoms with Crippen molar-refractivity contribution >= 4 is 16.8 Å². The smallest absolute Gasteiger partial charge is 0.252 e. The highest BCUT2D eigenvalue weighted by Gasteiger charge is 2.17. The maximum atomic E-state index is 12.8. The van der Waals surface area contributed by atoms with Gasteiger partial charge in [0.15, 0.2) is 0 Å². The van der Waals surface area contributed by atoms with E-state index in [0.29, 0.717) is 5.56 Å². The number of carbonyl (C=O) groups excluding carboxylic acids is 1. The highest BCUT2D eigenvalue weighted by molar-refractivity contribution is 6.06. The number of nitrogens with one attached hydrogen (secondary N) is 1. The number of benzene rings is 1. The van der Waals surface area contributed by atoms with E-state index in [1.807, 2.05) is 49.4 Å². The minimum atomic E-state index is -0.188. The first-order valence-corrected chi connectivity index (χ1v) is 7.80. The van der Waals surface area contributed by atoms with Crippen LogP contribution in [0, 0.1) is 0 Å². The number of para-hydroxylation sites is 1. The zero-order chi connectivity index (χ0) is 16.4. The molecule has 23 heavy (non-hydrogen) atoms. The van der Waals surface area contributed by atoms with Crippen LogP contribution in [0.3, 0.4) is 0 Å². The predicted octanol–water partition coefficient (Wildman–Crippen LogP) is 4.44. The van der Waals surface area contributed by atoms with Gasteiger partial charge in [0.2, 0.25) is 0 Å². The standard InChI is InChI=1S/C19H20N2O2/c1-12(2)17-11-15(14-7-4-5-8-16(14)21-17)19(22)20-13(3)18-9-6-10-23-18/h4-13H,1-3H3,(H,20,22). The molecule has 0 saturated heterocycles. The molecule has 3 aromatic rings. The molecule has 2 aromatic heterocycles. The number of aromatic nitrogens is 1. The van der Waals surface area contributed by atoms with E-state index < -0.39 is 0 Å². The largest absolute Gasteiger partial charge is 0.467 e. The van der Waals surface area contributed by atoms with Crippen molar-refractivity contribution in [3.8, 4) is 0 Å². The summed E-state index contributed by atoms with van der Waals surface area (Å²) in [6, 6.07) is 13.1. The molecular formula is C19H20N2O2. The van der Waals surface area contributed by atoms with Gasteiger partial charge in [0.05, 0.1) is 23.4 Å². The van der Waals surface area contributed by atoms with Crippen LogP contribution in [0.2, 0.25) is 0 Å². The molecule has 118 valence electrons. The van der Waals surface area contributed by atoms with E-state index in [1.165, 1.54) is 0 Å². The first kappa shape index (κ1) is 15.3. The summed E-state index contributed by atoms with van der Waals surface area (Å²) in [5.74, 6) is 0.879. The molecule has 3 rings (SSSR count). The fourth-order valence-electron chi connectivity index (χ4n) is 2.56. The summed E-state index contributed by atoms with van der Waals surface area (Å²) in [6.45, 7) is 6.05. The first-order chi connectivity index (χ1) is 11.1. The fraction of sp³-hybridized carbons (Fsp3) is 0.263. The Morgan fingerprint density at radius 1 is 1.13 bits per heavy atom.